The first kappa shape index (κ1) is 20.1. The highest BCUT2D eigenvalue weighted by Gasteiger charge is 2.33. The first-order chi connectivity index (χ1) is 13.3. The molecule has 0 bridgehead atoms. The molecular weight excluding hydrogens is 400 g/mol. The van der Waals surface area contributed by atoms with Crippen molar-refractivity contribution in [2.45, 2.75) is 13.8 Å². The van der Waals surface area contributed by atoms with E-state index in [1.807, 2.05) is 32.0 Å². The minimum absolute atomic E-state index is 0.146. The van der Waals surface area contributed by atoms with Gasteiger partial charge in [0.1, 0.15) is 16.4 Å². The molecule has 3 rings (SSSR count). The average Bonchev–Trinajstić information content (AvgIpc) is 2.90. The molecule has 0 spiro atoms. The van der Waals surface area contributed by atoms with Crippen molar-refractivity contribution in [2.24, 2.45) is 0 Å². The third kappa shape index (κ3) is 3.95. The fraction of sp³-hybridized carbons (Fsp3) is 0.263. The molecule has 2 aromatic rings. The quantitative estimate of drug-likeness (QED) is 0.435. The summed E-state index contributed by atoms with van der Waals surface area (Å²) in [6.07, 6.45) is 1.39. The van der Waals surface area contributed by atoms with Crippen LogP contribution >= 0.6 is 24.0 Å². The van der Waals surface area contributed by atoms with Crippen LogP contribution in [-0.4, -0.2) is 45.8 Å². The van der Waals surface area contributed by atoms with Crippen LogP contribution in [-0.2, 0) is 9.59 Å². The van der Waals surface area contributed by atoms with Gasteiger partial charge in [-0.15, -0.1) is 0 Å². The fourth-order valence-corrected chi connectivity index (χ4v) is 4.16. The van der Waals surface area contributed by atoms with Crippen LogP contribution in [0.5, 0.6) is 0 Å². The zero-order valence-corrected chi connectivity index (χ0v) is 16.9. The number of carboxylic acids is 1. The zero-order chi connectivity index (χ0) is 20.4. The number of carbonyl (C=O) groups is 2. The monoisotopic (exact) mass is 418 g/mol. The number of carboxylic acid groups (broad SMARTS) is 1. The number of hydrogen-bond donors (Lipinski definition) is 1. The van der Waals surface area contributed by atoms with E-state index in [0.29, 0.717) is 5.58 Å². The van der Waals surface area contributed by atoms with Crippen molar-refractivity contribution in [3.8, 4) is 0 Å². The molecule has 7 nitrogen and oxygen atoms in total. The zero-order valence-electron chi connectivity index (χ0n) is 15.3. The second-order valence-electron chi connectivity index (χ2n) is 6.05. The molecule has 0 radical (unpaired) electrons. The number of benzene rings is 1. The molecular formula is C19H18N2O5S2. The molecule has 1 fully saturated rings. The number of rotatable bonds is 6. The normalized spacial score (nSPS) is 15.6. The molecule has 0 aliphatic carbocycles. The number of aliphatic carboxylic acids is 1. The predicted molar refractivity (Wildman–Crippen MR) is 114 cm³/mol. The number of thioether (sulfide) groups is 1. The molecule has 1 N–H and O–H groups in total. The summed E-state index contributed by atoms with van der Waals surface area (Å²) in [5.74, 6) is -1.69. The van der Waals surface area contributed by atoms with Gasteiger partial charge < -0.3 is 14.4 Å². The van der Waals surface area contributed by atoms with Gasteiger partial charge in [0.15, 0.2) is 0 Å². The van der Waals surface area contributed by atoms with Crippen molar-refractivity contribution in [3.05, 3.63) is 45.2 Å². The Hall–Kier alpha value is -2.65. The number of nitrogens with zero attached hydrogens (tertiary/aromatic N) is 2. The van der Waals surface area contributed by atoms with Crippen LogP contribution in [0.2, 0.25) is 0 Å². The highest BCUT2D eigenvalue weighted by atomic mass is 32.2. The molecule has 0 atom stereocenters. The van der Waals surface area contributed by atoms with E-state index < -0.39 is 24.0 Å². The highest BCUT2D eigenvalue weighted by Crippen LogP contribution is 2.32. The molecule has 1 amide bonds. The third-order valence-electron chi connectivity index (χ3n) is 4.33. The Kier molecular flexibility index (Phi) is 5.85. The molecule has 9 heteroatoms. The lowest BCUT2D eigenvalue weighted by Crippen LogP contribution is -2.33. The molecule has 1 aliphatic rings. The molecule has 1 aromatic heterocycles. The molecule has 1 saturated heterocycles. The van der Waals surface area contributed by atoms with Crippen molar-refractivity contribution >= 4 is 62.9 Å². The smallest absolute Gasteiger partial charge is 0.343 e. The first-order valence-corrected chi connectivity index (χ1v) is 9.86. The Balaban J connectivity index is 1.97. The summed E-state index contributed by atoms with van der Waals surface area (Å²) in [5.41, 5.74) is 1.06. The summed E-state index contributed by atoms with van der Waals surface area (Å²) >= 11 is 6.02. The van der Waals surface area contributed by atoms with Crippen molar-refractivity contribution in [1.82, 2.24) is 4.90 Å². The van der Waals surface area contributed by atoms with Crippen LogP contribution in [0.25, 0.3) is 17.0 Å². The molecule has 146 valence electrons. The van der Waals surface area contributed by atoms with E-state index in [9.17, 15) is 14.4 Å². The summed E-state index contributed by atoms with van der Waals surface area (Å²) in [6.45, 7) is 5.26. The van der Waals surface area contributed by atoms with Crippen LogP contribution in [0.1, 0.15) is 19.4 Å². The Morgan fingerprint density at radius 3 is 2.64 bits per heavy atom. The summed E-state index contributed by atoms with van der Waals surface area (Å²) in [7, 11) is 0. The van der Waals surface area contributed by atoms with E-state index in [0.717, 1.165) is 40.8 Å². The lowest BCUT2D eigenvalue weighted by molar-refractivity contribution is -0.140. The molecule has 1 aromatic carbocycles. The number of thiocarbonyl (C=S) groups is 1. The van der Waals surface area contributed by atoms with Gasteiger partial charge >= 0.3 is 11.6 Å². The largest absolute Gasteiger partial charge is 0.480 e. The Bertz CT molecular complexity index is 1060. The maximum absolute atomic E-state index is 12.4. The maximum atomic E-state index is 12.4. The fourth-order valence-electron chi connectivity index (χ4n) is 2.91. The lowest BCUT2D eigenvalue weighted by atomic mass is 10.1. The van der Waals surface area contributed by atoms with Crippen LogP contribution in [0.4, 0.5) is 5.69 Å². The standard InChI is InChI=1S/C19H18N2O5S2/c1-3-20(4-2)13-6-5-11-7-12(18(25)26-14(11)9-13)8-15-17(24)21(10-16(22)23)19(27)28-15/h5-9H,3-4,10H2,1-2H3,(H,22,23). The van der Waals surface area contributed by atoms with Crippen molar-refractivity contribution in [3.63, 3.8) is 0 Å². The van der Waals surface area contributed by atoms with Gasteiger partial charge in [-0.3, -0.25) is 14.5 Å². The third-order valence-corrected chi connectivity index (χ3v) is 5.71. The molecule has 1 aliphatic heterocycles. The van der Waals surface area contributed by atoms with Crippen molar-refractivity contribution < 1.29 is 19.1 Å². The predicted octanol–water partition coefficient (Wildman–Crippen LogP) is 2.93. The van der Waals surface area contributed by atoms with Gasteiger partial charge in [-0.1, -0.05) is 24.0 Å². The number of amides is 1. The Morgan fingerprint density at radius 2 is 2.00 bits per heavy atom. The summed E-state index contributed by atoms with van der Waals surface area (Å²) in [4.78, 5) is 39.0. The summed E-state index contributed by atoms with van der Waals surface area (Å²) in [5, 5.41) is 9.62. The highest BCUT2D eigenvalue weighted by molar-refractivity contribution is 8.26. The van der Waals surface area contributed by atoms with E-state index in [2.05, 4.69) is 4.90 Å². The maximum Gasteiger partial charge on any atom is 0.343 e. The summed E-state index contributed by atoms with van der Waals surface area (Å²) < 4.78 is 5.59. The van der Waals surface area contributed by atoms with Gasteiger partial charge in [-0.05, 0) is 38.1 Å². The van der Waals surface area contributed by atoms with E-state index in [1.165, 1.54) is 6.08 Å². The Morgan fingerprint density at radius 1 is 1.29 bits per heavy atom. The minimum atomic E-state index is -1.16. The topological polar surface area (TPSA) is 91.1 Å². The molecule has 0 unspecified atom stereocenters. The van der Waals surface area contributed by atoms with Gasteiger partial charge in [0.05, 0.1) is 10.5 Å². The van der Waals surface area contributed by atoms with Crippen LogP contribution in [0, 0.1) is 0 Å². The second-order valence-corrected chi connectivity index (χ2v) is 7.72. The van der Waals surface area contributed by atoms with E-state index in [4.69, 9.17) is 21.7 Å². The van der Waals surface area contributed by atoms with Gasteiger partial charge in [-0.25, -0.2) is 4.79 Å². The van der Waals surface area contributed by atoms with Crippen LogP contribution in [0.3, 0.4) is 0 Å². The Labute approximate surface area is 170 Å². The molecule has 28 heavy (non-hydrogen) atoms. The van der Waals surface area contributed by atoms with Gasteiger partial charge in [0, 0.05) is 30.2 Å². The van der Waals surface area contributed by atoms with Crippen molar-refractivity contribution in [1.29, 1.82) is 0 Å². The van der Waals surface area contributed by atoms with Gasteiger partial charge in [0.25, 0.3) is 5.91 Å². The van der Waals surface area contributed by atoms with Gasteiger partial charge in [-0.2, -0.15) is 0 Å². The van der Waals surface area contributed by atoms with Crippen LogP contribution in [0.15, 0.2) is 38.4 Å². The minimum Gasteiger partial charge on any atom is -0.480 e. The van der Waals surface area contributed by atoms with Crippen molar-refractivity contribution in [2.75, 3.05) is 24.5 Å². The average molecular weight is 418 g/mol. The second kappa shape index (κ2) is 8.15. The summed E-state index contributed by atoms with van der Waals surface area (Å²) in [6, 6.07) is 7.28. The van der Waals surface area contributed by atoms with Crippen LogP contribution < -0.4 is 10.5 Å². The number of hydrogen-bond acceptors (Lipinski definition) is 7. The van der Waals surface area contributed by atoms with E-state index in [-0.39, 0.29) is 14.8 Å². The lowest BCUT2D eigenvalue weighted by Gasteiger charge is -2.20. The molecule has 0 saturated carbocycles. The number of anilines is 1. The number of fused-ring (bicyclic) bond motifs is 1. The first-order valence-electron chi connectivity index (χ1n) is 8.64. The van der Waals surface area contributed by atoms with E-state index in [1.54, 1.807) is 6.07 Å². The SMILES string of the molecule is CCN(CC)c1ccc2cc(C=C3SC(=S)N(CC(=O)O)C3=O)c(=O)oc2c1. The van der Waals surface area contributed by atoms with E-state index >= 15 is 0 Å². The molecule has 2 heterocycles. The van der Waals surface area contributed by atoms with Gasteiger partial charge in [0.2, 0.25) is 0 Å². The number of carbonyl (C=O) groups excluding carboxylic acids is 1.